The van der Waals surface area contributed by atoms with Crippen molar-refractivity contribution in [1.29, 1.82) is 0 Å². The lowest BCUT2D eigenvalue weighted by Crippen LogP contribution is -2.16. The van der Waals surface area contributed by atoms with Crippen LogP contribution in [0.3, 0.4) is 0 Å². The fraction of sp³-hybridized carbons (Fsp3) is 0.500. The summed E-state index contributed by atoms with van der Waals surface area (Å²) in [6, 6.07) is 3.96. The minimum atomic E-state index is 0. The predicted molar refractivity (Wildman–Crippen MR) is 130 cm³/mol. The van der Waals surface area contributed by atoms with E-state index >= 15 is 0 Å². The summed E-state index contributed by atoms with van der Waals surface area (Å²) in [5.74, 6) is 2.93. The van der Waals surface area contributed by atoms with Gasteiger partial charge in [0, 0.05) is 36.2 Å². The third-order valence-electron chi connectivity index (χ3n) is 5.00. The van der Waals surface area contributed by atoms with Gasteiger partial charge in [-0.15, -0.1) is 10.2 Å². The maximum Gasteiger partial charge on any atom is 0.204 e. The Labute approximate surface area is 182 Å². The molecule has 0 saturated carbocycles. The number of aromatic nitrogens is 4. The van der Waals surface area contributed by atoms with Gasteiger partial charge in [0.2, 0.25) is 5.65 Å². The molecule has 0 saturated heterocycles. The Bertz CT molecular complexity index is 1040. The first-order valence-electron chi connectivity index (χ1n) is 10.5. The fourth-order valence-electron chi connectivity index (χ4n) is 3.57. The van der Waals surface area contributed by atoms with Crippen LogP contribution in [-0.4, -0.2) is 46.8 Å². The van der Waals surface area contributed by atoms with Crippen LogP contribution in [0.2, 0.25) is 0 Å². The van der Waals surface area contributed by atoms with Crippen molar-refractivity contribution in [2.45, 2.75) is 40.0 Å². The van der Waals surface area contributed by atoms with Crippen molar-refractivity contribution < 1.29 is 9.02 Å². The molecule has 0 bridgehead atoms. The first-order chi connectivity index (χ1) is 14.4. The quantitative estimate of drug-likeness (QED) is 0.389. The number of nitrogens with one attached hydrogen (secondary N) is 3. The number of ether oxygens (including phenoxy) is 1. The van der Waals surface area contributed by atoms with E-state index in [1.807, 2.05) is 30.5 Å². The number of methoxy groups -OCH3 is 1. The summed E-state index contributed by atoms with van der Waals surface area (Å²) in [5.41, 5.74) is 4.51. The number of hydrogen-bond acceptors (Lipinski definition) is 7. The molecule has 3 aromatic rings. The van der Waals surface area contributed by atoms with Gasteiger partial charge in [-0.05, 0) is 38.2 Å². The van der Waals surface area contributed by atoms with E-state index in [0.717, 1.165) is 77.8 Å². The molecule has 2 aromatic heterocycles. The molecule has 1 aromatic carbocycles. The highest BCUT2D eigenvalue weighted by atomic mass is 16.5. The summed E-state index contributed by atoms with van der Waals surface area (Å²) in [6.07, 6.45) is 3.09. The molecule has 0 aliphatic rings. The van der Waals surface area contributed by atoms with Gasteiger partial charge in [0.15, 0.2) is 5.82 Å². The number of aryl methyl sites for hydroxylation is 1. The van der Waals surface area contributed by atoms with Gasteiger partial charge in [0.05, 0.1) is 23.8 Å². The van der Waals surface area contributed by atoms with Crippen LogP contribution in [0.1, 0.15) is 43.2 Å². The Morgan fingerprint density at radius 2 is 2.00 bits per heavy atom. The highest BCUT2D eigenvalue weighted by Gasteiger charge is 2.15. The molecule has 0 aliphatic carbocycles. The van der Waals surface area contributed by atoms with Gasteiger partial charge in [-0.25, -0.2) is 4.98 Å². The van der Waals surface area contributed by atoms with E-state index in [1.165, 1.54) is 0 Å². The molecule has 8 heteroatoms. The molecule has 8 nitrogen and oxygen atoms in total. The molecule has 0 atom stereocenters. The van der Waals surface area contributed by atoms with Gasteiger partial charge in [-0.3, -0.25) is 4.40 Å². The van der Waals surface area contributed by atoms with Crippen molar-refractivity contribution in [3.8, 4) is 5.75 Å². The summed E-state index contributed by atoms with van der Waals surface area (Å²) in [6.45, 7) is 12.2. The molecule has 30 heavy (non-hydrogen) atoms. The van der Waals surface area contributed by atoms with Crippen molar-refractivity contribution in [2.24, 2.45) is 5.92 Å². The van der Waals surface area contributed by atoms with Gasteiger partial charge in [-0.1, -0.05) is 20.4 Å². The van der Waals surface area contributed by atoms with Gasteiger partial charge >= 0.3 is 0 Å². The summed E-state index contributed by atoms with van der Waals surface area (Å²) >= 11 is 0. The average molecular weight is 418 g/mol. The Kier molecular flexibility index (Phi) is 6.97. The number of allylic oxidation sites excluding steroid dienone is 1. The molecule has 2 heterocycles. The molecule has 3 rings (SSSR count). The third kappa shape index (κ3) is 4.75. The molecule has 0 fully saturated rings. The number of fused-ring (bicyclic) bond motifs is 3. The normalized spacial score (nSPS) is 11.3. The summed E-state index contributed by atoms with van der Waals surface area (Å²) in [7, 11) is 3.53. The maximum absolute atomic E-state index is 5.50. The number of benzene rings is 1. The number of unbranched alkanes of at least 4 members (excludes halogenated alkanes) is 1. The zero-order chi connectivity index (χ0) is 21.7. The first-order valence-corrected chi connectivity index (χ1v) is 10.5. The smallest absolute Gasteiger partial charge is 0.204 e. The molecular formula is C22H39N7O. The van der Waals surface area contributed by atoms with Crippen molar-refractivity contribution in [2.75, 3.05) is 37.9 Å². The monoisotopic (exact) mass is 417 g/mol. The zero-order valence-corrected chi connectivity index (χ0v) is 18.7. The standard InChI is InChI=1S/C22H33N7O.3H2/c1-14(2)11-15(3)24-9-7-8-10-25-21-22-28-27-16(4)29(22)19-12-18(23-5)20(30-6)13-17(19)26-21;;;/h12-14,23-24H,3,7-11H2,1-2,4-6H3,(H,25,26);3*1H. The van der Waals surface area contributed by atoms with Crippen LogP contribution in [0.5, 0.6) is 5.75 Å². The van der Waals surface area contributed by atoms with Crippen molar-refractivity contribution in [1.82, 2.24) is 24.9 Å². The molecule has 0 spiro atoms. The molecular weight excluding hydrogens is 378 g/mol. The summed E-state index contributed by atoms with van der Waals surface area (Å²) in [5, 5.41) is 18.6. The van der Waals surface area contributed by atoms with E-state index in [9.17, 15) is 0 Å². The Balaban J connectivity index is 0.00000341. The van der Waals surface area contributed by atoms with Crippen LogP contribution < -0.4 is 20.7 Å². The van der Waals surface area contributed by atoms with Gasteiger partial charge in [0.25, 0.3) is 0 Å². The second-order valence-electron chi connectivity index (χ2n) is 7.92. The van der Waals surface area contributed by atoms with E-state index in [1.54, 1.807) is 7.11 Å². The van der Waals surface area contributed by atoms with Crippen LogP contribution in [0, 0.1) is 12.8 Å². The predicted octanol–water partition coefficient (Wildman–Crippen LogP) is 4.72. The van der Waals surface area contributed by atoms with E-state index in [-0.39, 0.29) is 4.28 Å². The molecule has 3 N–H and O–H groups in total. The average Bonchev–Trinajstić information content (AvgIpc) is 3.11. The Morgan fingerprint density at radius 3 is 2.70 bits per heavy atom. The minimum Gasteiger partial charge on any atom is -0.495 e. The second kappa shape index (κ2) is 9.65. The lowest BCUT2D eigenvalue weighted by atomic mass is 10.1. The highest BCUT2D eigenvalue weighted by Crippen LogP contribution is 2.31. The molecule has 0 aliphatic heterocycles. The maximum atomic E-state index is 5.50. The van der Waals surface area contributed by atoms with Crippen LogP contribution in [0.25, 0.3) is 16.7 Å². The van der Waals surface area contributed by atoms with Crippen LogP contribution in [-0.2, 0) is 0 Å². The van der Waals surface area contributed by atoms with Crippen molar-refractivity contribution >= 4 is 28.2 Å². The summed E-state index contributed by atoms with van der Waals surface area (Å²) < 4.78 is 7.53. The third-order valence-corrected chi connectivity index (χ3v) is 5.00. The lowest BCUT2D eigenvalue weighted by Gasteiger charge is -2.14. The molecule has 0 amide bonds. The summed E-state index contributed by atoms with van der Waals surface area (Å²) in [4.78, 5) is 4.81. The lowest BCUT2D eigenvalue weighted by molar-refractivity contribution is 0.417. The highest BCUT2D eigenvalue weighted by molar-refractivity contribution is 5.88. The molecule has 0 unspecified atom stereocenters. The van der Waals surface area contributed by atoms with Gasteiger partial charge < -0.3 is 20.7 Å². The number of nitrogens with zero attached hydrogens (tertiary/aromatic N) is 4. The Morgan fingerprint density at radius 1 is 1.23 bits per heavy atom. The van der Waals surface area contributed by atoms with Crippen LogP contribution >= 0.6 is 0 Å². The van der Waals surface area contributed by atoms with Crippen LogP contribution in [0.15, 0.2) is 24.4 Å². The number of rotatable bonds is 11. The minimum absolute atomic E-state index is 0. The van der Waals surface area contributed by atoms with Gasteiger partial charge in [0.1, 0.15) is 11.6 Å². The van der Waals surface area contributed by atoms with E-state index in [4.69, 9.17) is 9.72 Å². The fourth-order valence-corrected chi connectivity index (χ4v) is 3.57. The Hall–Kier alpha value is -3.03. The topological polar surface area (TPSA) is 88.4 Å². The first kappa shape index (κ1) is 21.7. The number of anilines is 2. The van der Waals surface area contributed by atoms with E-state index in [2.05, 4.69) is 46.6 Å². The zero-order valence-electron chi connectivity index (χ0n) is 18.7. The molecule has 168 valence electrons. The largest absolute Gasteiger partial charge is 0.495 e. The van der Waals surface area contributed by atoms with E-state index in [0.29, 0.717) is 5.92 Å². The van der Waals surface area contributed by atoms with E-state index < -0.39 is 0 Å². The number of hydrogen-bond donors (Lipinski definition) is 3. The van der Waals surface area contributed by atoms with Gasteiger partial charge in [-0.2, -0.15) is 0 Å². The second-order valence-corrected chi connectivity index (χ2v) is 7.92. The van der Waals surface area contributed by atoms with Crippen LogP contribution in [0.4, 0.5) is 11.5 Å². The molecule has 0 radical (unpaired) electrons. The van der Waals surface area contributed by atoms with Crippen molar-refractivity contribution in [3.63, 3.8) is 0 Å². The van der Waals surface area contributed by atoms with Crippen molar-refractivity contribution in [3.05, 3.63) is 30.2 Å². The SMILES string of the molecule is C=C(CC(C)C)NCCCCNc1nc2cc(OC)c(NC)cc2n2c(C)nnc12.[HH].[HH].[HH].